The van der Waals surface area contributed by atoms with E-state index < -0.39 is 17.7 Å². The Labute approximate surface area is 257 Å². The molecule has 1 saturated heterocycles. The van der Waals surface area contributed by atoms with Gasteiger partial charge in [-0.1, -0.05) is 55.7 Å². The summed E-state index contributed by atoms with van der Waals surface area (Å²) in [5, 5.41) is 11.5. The first-order valence-corrected chi connectivity index (χ1v) is 14.8. The minimum atomic E-state index is -0.889. The second kappa shape index (κ2) is 14.0. The summed E-state index contributed by atoms with van der Waals surface area (Å²) in [6.45, 7) is 5.14. The number of nitrogens with zero attached hydrogens (tertiary/aromatic N) is 1. The highest BCUT2D eigenvalue weighted by molar-refractivity contribution is 6.46. The van der Waals surface area contributed by atoms with Gasteiger partial charge in [0.25, 0.3) is 11.7 Å². The standard InChI is InChI=1S/C36H37NO7/c1-4-5-6-18-43-30-17-14-27(21-31(30)41-3)33-32(35(39)36(40)37(33)22-29-11-8-19-42-29)34(38)26-12-15-28(16-13-26)44-23-25-10-7-9-24(2)20-25/h7-17,19-21,33,38H,4-6,18,22-23H2,1-3H3/b34-32+. The average Bonchev–Trinajstić information content (AvgIpc) is 3.64. The number of furan rings is 1. The smallest absolute Gasteiger partial charge is 0.296 e. The number of amides is 1. The monoisotopic (exact) mass is 595 g/mol. The first-order chi connectivity index (χ1) is 21.4. The molecule has 4 aromatic rings. The Balaban J connectivity index is 1.47. The van der Waals surface area contributed by atoms with Gasteiger partial charge in [0.15, 0.2) is 11.5 Å². The summed E-state index contributed by atoms with van der Waals surface area (Å²) in [5.41, 5.74) is 3.15. The number of Topliss-reactive ketones (excluding diaryl/α,β-unsaturated/α-hetero) is 1. The van der Waals surface area contributed by atoms with E-state index in [2.05, 4.69) is 13.0 Å². The predicted molar refractivity (Wildman–Crippen MR) is 167 cm³/mol. The van der Waals surface area contributed by atoms with Crippen LogP contribution in [-0.2, 0) is 22.7 Å². The fourth-order valence-corrected chi connectivity index (χ4v) is 5.30. The third kappa shape index (κ3) is 6.80. The molecule has 44 heavy (non-hydrogen) atoms. The molecule has 1 aliphatic heterocycles. The number of carbonyl (C=O) groups excluding carboxylic acids is 2. The number of aliphatic hydroxyl groups is 1. The second-order valence-corrected chi connectivity index (χ2v) is 10.8. The van der Waals surface area contributed by atoms with Gasteiger partial charge in [-0.2, -0.15) is 0 Å². The van der Waals surface area contributed by atoms with Crippen LogP contribution in [-0.4, -0.2) is 35.4 Å². The van der Waals surface area contributed by atoms with Crippen LogP contribution in [0.3, 0.4) is 0 Å². The Hall–Kier alpha value is -4.98. The topological polar surface area (TPSA) is 98.4 Å². The Morgan fingerprint density at radius 2 is 1.75 bits per heavy atom. The van der Waals surface area contributed by atoms with E-state index in [1.807, 2.05) is 25.1 Å². The molecule has 0 saturated carbocycles. The molecule has 228 valence electrons. The summed E-state index contributed by atoms with van der Waals surface area (Å²) >= 11 is 0. The molecule has 1 atom stereocenters. The molecule has 0 spiro atoms. The lowest BCUT2D eigenvalue weighted by Crippen LogP contribution is -2.29. The Morgan fingerprint density at radius 1 is 0.932 bits per heavy atom. The lowest BCUT2D eigenvalue weighted by atomic mass is 9.95. The van der Waals surface area contributed by atoms with Crippen molar-refractivity contribution in [3.8, 4) is 17.2 Å². The van der Waals surface area contributed by atoms with Crippen molar-refractivity contribution < 1.29 is 33.3 Å². The van der Waals surface area contributed by atoms with E-state index >= 15 is 0 Å². The van der Waals surface area contributed by atoms with Gasteiger partial charge in [0, 0.05) is 5.56 Å². The SMILES string of the molecule is CCCCCOc1ccc(C2/C(=C(\O)c3ccc(OCc4cccc(C)c4)cc3)C(=O)C(=O)N2Cc2ccco2)cc1OC. The molecule has 1 aromatic heterocycles. The number of unbranched alkanes of at least 4 members (excludes halogenated alkanes) is 2. The maximum atomic E-state index is 13.5. The maximum absolute atomic E-state index is 13.5. The number of carbonyl (C=O) groups is 2. The van der Waals surface area contributed by atoms with Crippen LogP contribution < -0.4 is 14.2 Å². The number of aryl methyl sites for hydroxylation is 1. The van der Waals surface area contributed by atoms with E-state index in [1.165, 1.54) is 11.2 Å². The fourth-order valence-electron chi connectivity index (χ4n) is 5.30. The van der Waals surface area contributed by atoms with Crippen molar-refractivity contribution in [1.82, 2.24) is 4.90 Å². The highest BCUT2D eigenvalue weighted by Crippen LogP contribution is 2.43. The normalized spacial score (nSPS) is 15.9. The molecule has 0 aliphatic carbocycles. The van der Waals surface area contributed by atoms with Crippen LogP contribution in [0.4, 0.5) is 0 Å². The highest BCUT2D eigenvalue weighted by atomic mass is 16.5. The Morgan fingerprint density at radius 3 is 2.45 bits per heavy atom. The second-order valence-electron chi connectivity index (χ2n) is 10.8. The summed E-state index contributed by atoms with van der Waals surface area (Å²) in [4.78, 5) is 28.3. The zero-order valence-corrected chi connectivity index (χ0v) is 25.2. The molecule has 0 radical (unpaired) electrons. The lowest BCUT2D eigenvalue weighted by Gasteiger charge is -2.25. The van der Waals surface area contributed by atoms with Crippen molar-refractivity contribution in [3.05, 3.63) is 119 Å². The van der Waals surface area contributed by atoms with Crippen molar-refractivity contribution in [1.29, 1.82) is 0 Å². The summed E-state index contributed by atoms with van der Waals surface area (Å²) in [7, 11) is 1.54. The molecule has 1 aliphatic rings. The number of hydrogen-bond donors (Lipinski definition) is 1. The van der Waals surface area contributed by atoms with Crippen molar-refractivity contribution in [3.63, 3.8) is 0 Å². The summed E-state index contributed by atoms with van der Waals surface area (Å²) in [5.74, 6) is 0.364. The van der Waals surface area contributed by atoms with Crippen LogP contribution in [0.25, 0.3) is 5.76 Å². The number of benzene rings is 3. The van der Waals surface area contributed by atoms with Crippen LogP contribution in [0.5, 0.6) is 17.2 Å². The number of ketones is 1. The van der Waals surface area contributed by atoms with E-state index in [0.29, 0.717) is 47.3 Å². The van der Waals surface area contributed by atoms with E-state index in [4.69, 9.17) is 18.6 Å². The van der Waals surface area contributed by atoms with Crippen molar-refractivity contribution in [2.45, 2.75) is 52.3 Å². The Kier molecular flexibility index (Phi) is 9.69. The molecule has 1 amide bonds. The third-order valence-electron chi connectivity index (χ3n) is 7.57. The van der Waals surface area contributed by atoms with Crippen LogP contribution in [0.2, 0.25) is 0 Å². The summed E-state index contributed by atoms with van der Waals surface area (Å²) < 4.78 is 23.0. The number of hydrogen-bond acceptors (Lipinski definition) is 7. The molecule has 8 heteroatoms. The summed E-state index contributed by atoms with van der Waals surface area (Å²) in [6, 6.07) is 22.7. The molecule has 8 nitrogen and oxygen atoms in total. The average molecular weight is 596 g/mol. The maximum Gasteiger partial charge on any atom is 0.296 e. The minimum Gasteiger partial charge on any atom is -0.507 e. The predicted octanol–water partition coefficient (Wildman–Crippen LogP) is 7.37. The summed E-state index contributed by atoms with van der Waals surface area (Å²) in [6.07, 6.45) is 4.57. The molecule has 1 fully saturated rings. The third-order valence-corrected chi connectivity index (χ3v) is 7.57. The molecular weight excluding hydrogens is 558 g/mol. The van der Waals surface area contributed by atoms with Gasteiger partial charge >= 0.3 is 0 Å². The molecule has 1 unspecified atom stereocenters. The van der Waals surface area contributed by atoms with Gasteiger partial charge in [-0.25, -0.2) is 0 Å². The van der Waals surface area contributed by atoms with Crippen molar-refractivity contribution in [2.24, 2.45) is 0 Å². The molecule has 3 aromatic carbocycles. The van der Waals surface area contributed by atoms with Gasteiger partial charge in [0.05, 0.1) is 38.1 Å². The van der Waals surface area contributed by atoms with Crippen LogP contribution in [0.15, 0.2) is 95.1 Å². The van der Waals surface area contributed by atoms with Crippen LogP contribution >= 0.6 is 0 Å². The van der Waals surface area contributed by atoms with Gasteiger partial charge in [-0.3, -0.25) is 9.59 Å². The van der Waals surface area contributed by atoms with Gasteiger partial charge in [0.1, 0.15) is 23.9 Å². The minimum absolute atomic E-state index is 0.0198. The number of methoxy groups -OCH3 is 1. The number of aliphatic hydroxyl groups excluding tert-OH is 1. The number of likely N-dealkylation sites (tertiary alicyclic amines) is 1. The van der Waals surface area contributed by atoms with Gasteiger partial charge in [-0.15, -0.1) is 0 Å². The zero-order chi connectivity index (χ0) is 31.1. The van der Waals surface area contributed by atoms with Crippen molar-refractivity contribution >= 4 is 17.4 Å². The van der Waals surface area contributed by atoms with E-state index in [-0.39, 0.29) is 17.9 Å². The zero-order valence-electron chi connectivity index (χ0n) is 25.2. The first-order valence-electron chi connectivity index (χ1n) is 14.8. The molecule has 0 bridgehead atoms. The largest absolute Gasteiger partial charge is 0.507 e. The van der Waals surface area contributed by atoms with E-state index in [0.717, 1.165) is 30.4 Å². The molecule has 2 heterocycles. The van der Waals surface area contributed by atoms with E-state index in [9.17, 15) is 14.7 Å². The van der Waals surface area contributed by atoms with E-state index in [1.54, 1.807) is 61.7 Å². The number of rotatable bonds is 13. The van der Waals surface area contributed by atoms with Crippen LogP contribution in [0, 0.1) is 6.92 Å². The van der Waals surface area contributed by atoms with Gasteiger partial charge in [-0.05, 0) is 73.0 Å². The van der Waals surface area contributed by atoms with Crippen molar-refractivity contribution in [2.75, 3.05) is 13.7 Å². The molecular formula is C36H37NO7. The first kappa shape index (κ1) is 30.5. The quantitative estimate of drug-likeness (QED) is 0.0746. The number of ether oxygens (including phenoxy) is 3. The fraction of sp³-hybridized carbons (Fsp3) is 0.278. The molecule has 5 rings (SSSR count). The Bertz CT molecular complexity index is 1620. The van der Waals surface area contributed by atoms with Crippen LogP contribution in [0.1, 0.15) is 60.2 Å². The molecule has 1 N–H and O–H groups in total. The lowest BCUT2D eigenvalue weighted by molar-refractivity contribution is -0.140. The highest BCUT2D eigenvalue weighted by Gasteiger charge is 2.46. The van der Waals surface area contributed by atoms with Gasteiger partial charge < -0.3 is 28.6 Å². The van der Waals surface area contributed by atoms with Gasteiger partial charge in [0.2, 0.25) is 0 Å².